The number of β-amino-alcohol motifs (C(OH)–C–C–N with tert-alkyl or cyclic N) is 1. The quantitative estimate of drug-likeness (QED) is 0.926. The highest BCUT2D eigenvalue weighted by Crippen LogP contribution is 2.26. The Morgan fingerprint density at radius 2 is 1.90 bits per heavy atom. The second-order valence-electron chi connectivity index (χ2n) is 5.08. The lowest BCUT2D eigenvalue weighted by molar-refractivity contribution is 0.103. The van der Waals surface area contributed by atoms with Gasteiger partial charge in [0.1, 0.15) is 0 Å². The van der Waals surface area contributed by atoms with E-state index < -0.39 is 21.7 Å². The van der Waals surface area contributed by atoms with Crippen LogP contribution >= 0.6 is 0 Å². The number of alkyl halides is 2. The molecular formula is C13H17F2NO3S. The molecule has 1 aromatic carbocycles. The summed E-state index contributed by atoms with van der Waals surface area (Å²) in [5.41, 5.74) is 0.726. The van der Waals surface area contributed by atoms with Crippen LogP contribution in [-0.4, -0.2) is 38.5 Å². The van der Waals surface area contributed by atoms with Crippen molar-refractivity contribution in [1.29, 1.82) is 0 Å². The topological polar surface area (TPSA) is 57.6 Å². The van der Waals surface area contributed by atoms with Gasteiger partial charge in [-0.1, -0.05) is 6.92 Å². The first-order chi connectivity index (χ1) is 9.32. The van der Waals surface area contributed by atoms with Crippen LogP contribution in [0, 0.1) is 5.92 Å². The van der Waals surface area contributed by atoms with Crippen molar-refractivity contribution in [2.45, 2.75) is 30.1 Å². The molecule has 1 aliphatic rings. The second kappa shape index (κ2) is 5.65. The number of nitrogens with zero attached hydrogens (tertiary/aromatic N) is 1. The summed E-state index contributed by atoms with van der Waals surface area (Å²) in [4.78, 5) is 1.53. The average molecular weight is 305 g/mol. The molecular weight excluding hydrogens is 288 g/mol. The maximum atomic E-state index is 12.4. The third kappa shape index (κ3) is 2.93. The highest BCUT2D eigenvalue weighted by atomic mass is 32.2. The number of aliphatic hydroxyl groups is 1. The number of benzene rings is 1. The molecule has 7 heteroatoms. The van der Waals surface area contributed by atoms with E-state index in [2.05, 4.69) is 0 Å². The van der Waals surface area contributed by atoms with Crippen molar-refractivity contribution < 1.29 is 22.3 Å². The Labute approximate surface area is 116 Å². The first-order valence-electron chi connectivity index (χ1n) is 6.37. The molecule has 20 heavy (non-hydrogen) atoms. The number of aliphatic hydroxyl groups excluding tert-OH is 1. The van der Waals surface area contributed by atoms with Crippen molar-refractivity contribution >= 4 is 15.5 Å². The number of anilines is 1. The van der Waals surface area contributed by atoms with Gasteiger partial charge >= 0.3 is 5.76 Å². The highest BCUT2D eigenvalue weighted by molar-refractivity contribution is 7.91. The van der Waals surface area contributed by atoms with Crippen LogP contribution in [-0.2, 0) is 9.84 Å². The van der Waals surface area contributed by atoms with Crippen LogP contribution in [0.25, 0.3) is 0 Å². The fourth-order valence-electron chi connectivity index (χ4n) is 2.23. The van der Waals surface area contributed by atoms with Crippen LogP contribution < -0.4 is 4.90 Å². The standard InChI is InChI=1S/C13H17F2NO3S/c1-9-6-7-16(8-12(9)17)10-2-4-11(5-3-10)20(18,19)13(14)15/h2-5,9,12-13,17H,6-8H2,1H3. The van der Waals surface area contributed by atoms with Gasteiger partial charge in [0.15, 0.2) is 0 Å². The van der Waals surface area contributed by atoms with Crippen LogP contribution in [0.1, 0.15) is 13.3 Å². The van der Waals surface area contributed by atoms with Crippen LogP contribution in [0.2, 0.25) is 0 Å². The number of hydrogen-bond donors (Lipinski definition) is 1. The van der Waals surface area contributed by atoms with E-state index in [1.807, 2.05) is 11.8 Å². The average Bonchev–Trinajstić information content (AvgIpc) is 2.42. The smallest absolute Gasteiger partial charge is 0.341 e. The van der Waals surface area contributed by atoms with Crippen LogP contribution in [0.5, 0.6) is 0 Å². The maximum Gasteiger partial charge on any atom is 0.341 e. The largest absolute Gasteiger partial charge is 0.391 e. The Morgan fingerprint density at radius 3 is 2.40 bits per heavy atom. The Kier molecular flexibility index (Phi) is 4.29. The molecule has 1 aliphatic heterocycles. The number of halogens is 2. The SMILES string of the molecule is CC1CCN(c2ccc(S(=O)(=O)C(F)F)cc2)CC1O. The van der Waals surface area contributed by atoms with Gasteiger partial charge in [0.05, 0.1) is 11.0 Å². The predicted octanol–water partition coefficient (Wildman–Crippen LogP) is 1.89. The molecule has 0 radical (unpaired) electrons. The summed E-state index contributed by atoms with van der Waals surface area (Å²) in [6.45, 7) is 3.18. The molecule has 0 saturated carbocycles. The third-order valence-electron chi connectivity index (χ3n) is 3.68. The molecule has 1 aromatic rings. The Bertz CT molecular complexity index is 559. The van der Waals surface area contributed by atoms with Crippen LogP contribution in [0.3, 0.4) is 0 Å². The Balaban J connectivity index is 2.17. The molecule has 2 rings (SSSR count). The molecule has 2 unspecified atom stereocenters. The first kappa shape index (κ1) is 15.2. The van der Waals surface area contributed by atoms with Gasteiger partial charge in [-0.15, -0.1) is 0 Å². The lowest BCUT2D eigenvalue weighted by Gasteiger charge is -2.35. The van der Waals surface area contributed by atoms with Gasteiger partial charge in [-0.25, -0.2) is 8.42 Å². The van der Waals surface area contributed by atoms with Crippen molar-refractivity contribution in [2.75, 3.05) is 18.0 Å². The lowest BCUT2D eigenvalue weighted by atomic mass is 9.96. The van der Waals surface area contributed by atoms with Crippen LogP contribution in [0.15, 0.2) is 29.2 Å². The van der Waals surface area contributed by atoms with E-state index in [0.29, 0.717) is 6.54 Å². The predicted molar refractivity (Wildman–Crippen MR) is 71.6 cm³/mol. The minimum Gasteiger partial charge on any atom is -0.391 e. The Hall–Kier alpha value is -1.21. The second-order valence-corrected chi connectivity index (χ2v) is 7.00. The molecule has 2 atom stereocenters. The van der Waals surface area contributed by atoms with Crippen LogP contribution in [0.4, 0.5) is 14.5 Å². The zero-order chi connectivity index (χ0) is 14.9. The van der Waals surface area contributed by atoms with E-state index in [1.54, 1.807) is 0 Å². The zero-order valence-electron chi connectivity index (χ0n) is 11.0. The van der Waals surface area contributed by atoms with E-state index >= 15 is 0 Å². The van der Waals surface area contributed by atoms with E-state index in [4.69, 9.17) is 0 Å². The summed E-state index contributed by atoms with van der Waals surface area (Å²) in [5, 5.41) is 9.83. The zero-order valence-corrected chi connectivity index (χ0v) is 11.9. The fraction of sp³-hybridized carbons (Fsp3) is 0.538. The monoisotopic (exact) mass is 305 g/mol. The van der Waals surface area contributed by atoms with Crippen molar-refractivity contribution in [2.24, 2.45) is 5.92 Å². The summed E-state index contributed by atoms with van der Waals surface area (Å²) < 4.78 is 47.5. The minimum atomic E-state index is -4.55. The number of rotatable bonds is 3. The molecule has 0 aromatic heterocycles. The van der Waals surface area contributed by atoms with Gasteiger partial charge in [0, 0.05) is 18.8 Å². The fourth-order valence-corrected chi connectivity index (χ4v) is 2.95. The molecule has 1 saturated heterocycles. The molecule has 4 nitrogen and oxygen atoms in total. The third-order valence-corrected chi connectivity index (χ3v) is 5.08. The molecule has 112 valence electrons. The van der Waals surface area contributed by atoms with Gasteiger partial charge in [0.25, 0.3) is 0 Å². The van der Waals surface area contributed by atoms with Crippen molar-refractivity contribution in [3.63, 3.8) is 0 Å². The van der Waals surface area contributed by atoms with Crippen molar-refractivity contribution in [3.05, 3.63) is 24.3 Å². The highest BCUT2D eigenvalue weighted by Gasteiger charge is 2.27. The van der Waals surface area contributed by atoms with Gasteiger partial charge < -0.3 is 10.0 Å². The van der Waals surface area contributed by atoms with Gasteiger partial charge in [-0.05, 0) is 36.6 Å². The summed E-state index contributed by atoms with van der Waals surface area (Å²) in [5.74, 6) is -3.18. The molecule has 1 fully saturated rings. The van der Waals surface area contributed by atoms with Crippen molar-refractivity contribution in [1.82, 2.24) is 0 Å². The van der Waals surface area contributed by atoms with Gasteiger partial charge in [0.2, 0.25) is 9.84 Å². The minimum absolute atomic E-state index is 0.227. The van der Waals surface area contributed by atoms with Gasteiger partial charge in [-0.3, -0.25) is 0 Å². The molecule has 0 amide bonds. The summed E-state index contributed by atoms with van der Waals surface area (Å²) >= 11 is 0. The number of piperidine rings is 1. The first-order valence-corrected chi connectivity index (χ1v) is 7.92. The van der Waals surface area contributed by atoms with E-state index in [1.165, 1.54) is 24.3 Å². The lowest BCUT2D eigenvalue weighted by Crippen LogP contribution is -2.42. The van der Waals surface area contributed by atoms with E-state index in [9.17, 15) is 22.3 Å². The van der Waals surface area contributed by atoms with Crippen molar-refractivity contribution in [3.8, 4) is 0 Å². The normalized spacial score (nSPS) is 24.1. The molecule has 0 bridgehead atoms. The molecule has 1 heterocycles. The van der Waals surface area contributed by atoms with E-state index in [-0.39, 0.29) is 10.8 Å². The summed E-state index contributed by atoms with van der Waals surface area (Å²) in [6, 6.07) is 5.36. The maximum absolute atomic E-state index is 12.4. The summed E-state index contributed by atoms with van der Waals surface area (Å²) in [6.07, 6.45) is 0.395. The molecule has 0 aliphatic carbocycles. The number of hydrogen-bond acceptors (Lipinski definition) is 4. The summed E-state index contributed by atoms with van der Waals surface area (Å²) in [7, 11) is -4.55. The van der Waals surface area contributed by atoms with E-state index in [0.717, 1.165) is 18.7 Å². The Morgan fingerprint density at radius 1 is 1.30 bits per heavy atom. The number of sulfone groups is 1. The molecule has 0 spiro atoms. The molecule has 1 N–H and O–H groups in total. The van der Waals surface area contributed by atoms with Gasteiger partial charge in [-0.2, -0.15) is 8.78 Å².